The van der Waals surface area contributed by atoms with E-state index >= 15 is 0 Å². The number of likely N-dealkylation sites (tertiary alicyclic amines) is 1. The fourth-order valence-electron chi connectivity index (χ4n) is 6.03. The molecule has 6 nitrogen and oxygen atoms in total. The minimum atomic E-state index is -0.980. The van der Waals surface area contributed by atoms with E-state index in [1.165, 1.54) is 0 Å². The van der Waals surface area contributed by atoms with Crippen LogP contribution >= 0.6 is 0 Å². The Bertz CT molecular complexity index is 1330. The van der Waals surface area contributed by atoms with Crippen molar-refractivity contribution in [2.24, 2.45) is 0 Å². The number of piperidine rings is 1. The van der Waals surface area contributed by atoms with Crippen LogP contribution in [0, 0.1) is 0 Å². The molecule has 3 aromatic carbocycles. The molecule has 200 valence electrons. The van der Waals surface area contributed by atoms with Gasteiger partial charge in [0, 0.05) is 24.7 Å². The Labute approximate surface area is 229 Å². The first-order valence-electron chi connectivity index (χ1n) is 13.6. The van der Waals surface area contributed by atoms with Crippen LogP contribution in [-0.4, -0.2) is 48.4 Å². The quantitative estimate of drug-likeness (QED) is 0.350. The molecular formula is C33H34N2O4. The van der Waals surface area contributed by atoms with Crippen LogP contribution in [0.15, 0.2) is 97.6 Å². The van der Waals surface area contributed by atoms with E-state index in [1.807, 2.05) is 77.7 Å². The van der Waals surface area contributed by atoms with Crippen molar-refractivity contribution in [3.05, 3.63) is 120 Å². The van der Waals surface area contributed by atoms with Gasteiger partial charge in [-0.3, -0.25) is 14.4 Å². The van der Waals surface area contributed by atoms with Crippen molar-refractivity contribution >= 4 is 17.8 Å². The number of carbonyl (C=O) groups is 3. The van der Waals surface area contributed by atoms with Crippen molar-refractivity contribution in [3.63, 3.8) is 0 Å². The molecule has 0 radical (unpaired) electrons. The molecule has 0 aromatic heterocycles. The molecule has 39 heavy (non-hydrogen) atoms. The van der Waals surface area contributed by atoms with Gasteiger partial charge in [-0.2, -0.15) is 0 Å². The highest BCUT2D eigenvalue weighted by molar-refractivity contribution is 5.94. The second-order valence-electron chi connectivity index (χ2n) is 10.3. The van der Waals surface area contributed by atoms with Crippen LogP contribution in [0.5, 0.6) is 0 Å². The van der Waals surface area contributed by atoms with Gasteiger partial charge >= 0.3 is 5.97 Å². The Morgan fingerprint density at radius 3 is 2.23 bits per heavy atom. The molecule has 2 amide bonds. The van der Waals surface area contributed by atoms with E-state index in [0.717, 1.165) is 16.7 Å². The third-order valence-electron chi connectivity index (χ3n) is 8.03. The lowest BCUT2D eigenvalue weighted by molar-refractivity contribution is -0.149. The predicted molar refractivity (Wildman–Crippen MR) is 150 cm³/mol. The van der Waals surface area contributed by atoms with Crippen molar-refractivity contribution in [3.8, 4) is 0 Å². The van der Waals surface area contributed by atoms with Crippen LogP contribution in [0.1, 0.15) is 58.6 Å². The van der Waals surface area contributed by atoms with E-state index in [0.29, 0.717) is 44.3 Å². The molecule has 5 rings (SSSR count). The number of nitrogens with one attached hydrogen (secondary N) is 1. The molecule has 1 heterocycles. The molecule has 0 saturated carbocycles. The molecule has 0 bridgehead atoms. The van der Waals surface area contributed by atoms with E-state index in [-0.39, 0.29) is 36.4 Å². The lowest BCUT2D eigenvalue weighted by Gasteiger charge is -2.42. The number of amides is 2. The van der Waals surface area contributed by atoms with E-state index in [1.54, 1.807) is 18.2 Å². The molecule has 2 atom stereocenters. The minimum Gasteiger partial charge on any atom is -0.461 e. The highest BCUT2D eigenvalue weighted by atomic mass is 16.5. The third-order valence-corrected chi connectivity index (χ3v) is 8.03. The molecule has 1 saturated heterocycles. The van der Waals surface area contributed by atoms with Gasteiger partial charge in [0.2, 0.25) is 5.91 Å². The average Bonchev–Trinajstić information content (AvgIpc) is 3.00. The van der Waals surface area contributed by atoms with E-state index in [4.69, 9.17) is 4.74 Å². The molecule has 0 spiro atoms. The Balaban J connectivity index is 1.34. The van der Waals surface area contributed by atoms with Gasteiger partial charge in [0.05, 0.1) is 5.92 Å². The zero-order valence-electron chi connectivity index (χ0n) is 22.1. The van der Waals surface area contributed by atoms with Gasteiger partial charge in [0.1, 0.15) is 12.0 Å². The molecule has 3 aromatic rings. The highest BCUT2D eigenvalue weighted by Gasteiger charge is 2.50. The summed E-state index contributed by atoms with van der Waals surface area (Å²) in [6.07, 6.45) is 4.01. The highest BCUT2D eigenvalue weighted by Crippen LogP contribution is 2.48. The van der Waals surface area contributed by atoms with E-state index in [9.17, 15) is 14.4 Å². The second kappa shape index (κ2) is 11.7. The van der Waals surface area contributed by atoms with Gasteiger partial charge in [-0.25, -0.2) is 0 Å². The van der Waals surface area contributed by atoms with Gasteiger partial charge in [0.25, 0.3) is 5.91 Å². The van der Waals surface area contributed by atoms with Crippen molar-refractivity contribution < 1.29 is 19.1 Å². The predicted octanol–water partition coefficient (Wildman–Crippen LogP) is 5.00. The molecule has 0 unspecified atom stereocenters. The molecule has 1 aliphatic heterocycles. The summed E-state index contributed by atoms with van der Waals surface area (Å²) < 4.78 is 5.65. The lowest BCUT2D eigenvalue weighted by atomic mass is 9.63. The van der Waals surface area contributed by atoms with Gasteiger partial charge in [-0.15, -0.1) is 0 Å². The zero-order valence-corrected chi connectivity index (χ0v) is 22.1. The molecule has 6 heteroatoms. The van der Waals surface area contributed by atoms with Crippen LogP contribution in [0.4, 0.5) is 0 Å². The number of hydrogen-bond donors (Lipinski definition) is 1. The number of carbonyl (C=O) groups excluding carboxylic acids is 3. The van der Waals surface area contributed by atoms with Crippen molar-refractivity contribution in [2.45, 2.75) is 43.1 Å². The number of esters is 1. The summed E-state index contributed by atoms with van der Waals surface area (Å²) >= 11 is 0. The molecule has 1 aliphatic carbocycles. The normalized spacial score (nSPS) is 20.9. The Kier molecular flexibility index (Phi) is 7.92. The first-order chi connectivity index (χ1) is 19.0. The van der Waals surface area contributed by atoms with E-state index in [2.05, 4.69) is 11.9 Å². The monoisotopic (exact) mass is 522 g/mol. The Hall–Kier alpha value is -4.19. The molecular weight excluding hydrogens is 488 g/mol. The van der Waals surface area contributed by atoms with Crippen LogP contribution in [0.25, 0.3) is 0 Å². The topological polar surface area (TPSA) is 75.7 Å². The van der Waals surface area contributed by atoms with Crippen molar-refractivity contribution in [1.29, 1.82) is 0 Å². The number of hydrogen-bond acceptors (Lipinski definition) is 4. The summed E-state index contributed by atoms with van der Waals surface area (Å²) in [7, 11) is 0. The van der Waals surface area contributed by atoms with Gasteiger partial charge < -0.3 is 15.0 Å². The summed E-state index contributed by atoms with van der Waals surface area (Å²) in [5, 5.41) is 3.11. The summed E-state index contributed by atoms with van der Waals surface area (Å²) in [5.74, 6) is -0.652. The maximum atomic E-state index is 13.9. The molecule has 2 aliphatic rings. The van der Waals surface area contributed by atoms with E-state index < -0.39 is 5.41 Å². The lowest BCUT2D eigenvalue weighted by Crippen LogP contribution is -2.49. The summed E-state index contributed by atoms with van der Waals surface area (Å²) in [6.45, 7) is 4.99. The molecule has 1 fully saturated rings. The summed E-state index contributed by atoms with van der Waals surface area (Å²) in [6, 6.07) is 26.7. The SMILES string of the molecule is C=CCOC(=O)[C@]1(c2ccccc2)CC[C@@H](C(=O)N2CCC(NC(=O)c3ccccc3)CC2)c2ccccc21. The average molecular weight is 523 g/mol. The summed E-state index contributed by atoms with van der Waals surface area (Å²) in [4.78, 5) is 42.0. The Morgan fingerprint density at radius 2 is 1.54 bits per heavy atom. The van der Waals surface area contributed by atoms with Crippen LogP contribution < -0.4 is 5.32 Å². The zero-order chi connectivity index (χ0) is 27.2. The van der Waals surface area contributed by atoms with Crippen LogP contribution in [0.2, 0.25) is 0 Å². The minimum absolute atomic E-state index is 0.0331. The van der Waals surface area contributed by atoms with Crippen molar-refractivity contribution in [1.82, 2.24) is 10.2 Å². The fourth-order valence-corrected chi connectivity index (χ4v) is 6.03. The number of benzene rings is 3. The number of nitrogens with zero attached hydrogens (tertiary/aromatic N) is 1. The second-order valence-corrected chi connectivity index (χ2v) is 10.3. The number of rotatable bonds is 7. The van der Waals surface area contributed by atoms with Gasteiger partial charge in [-0.05, 0) is 54.5 Å². The van der Waals surface area contributed by atoms with Crippen LogP contribution in [-0.2, 0) is 19.7 Å². The molecule has 1 N–H and O–H groups in total. The number of fused-ring (bicyclic) bond motifs is 1. The largest absolute Gasteiger partial charge is 0.461 e. The summed E-state index contributed by atoms with van der Waals surface area (Å²) in [5.41, 5.74) is 2.25. The Morgan fingerprint density at radius 1 is 0.897 bits per heavy atom. The third kappa shape index (κ3) is 5.24. The maximum absolute atomic E-state index is 13.9. The first-order valence-corrected chi connectivity index (χ1v) is 13.6. The first kappa shape index (κ1) is 26.4. The fraction of sp³-hybridized carbons (Fsp3) is 0.303. The van der Waals surface area contributed by atoms with Crippen LogP contribution in [0.3, 0.4) is 0 Å². The number of ether oxygens (including phenoxy) is 1. The smallest absolute Gasteiger partial charge is 0.321 e. The maximum Gasteiger partial charge on any atom is 0.321 e. The van der Waals surface area contributed by atoms with Crippen molar-refractivity contribution in [2.75, 3.05) is 19.7 Å². The standard InChI is InChI=1S/C33H34N2O4/c1-2-23-39-32(38)33(25-13-7-4-8-14-25)20-17-28(27-15-9-10-16-29(27)33)31(37)35-21-18-26(19-22-35)34-30(36)24-11-5-3-6-12-24/h2-16,26,28H,1,17-23H2,(H,34,36)/t28-,33+/m1/s1. The van der Waals surface area contributed by atoms with Gasteiger partial charge in [-0.1, -0.05) is 85.5 Å². The van der Waals surface area contributed by atoms with Gasteiger partial charge in [0.15, 0.2) is 0 Å².